The Morgan fingerprint density at radius 2 is 2.24 bits per heavy atom. The maximum absolute atomic E-state index is 10.5. The van der Waals surface area contributed by atoms with Gasteiger partial charge in [-0.2, -0.15) is 5.26 Å². The zero-order chi connectivity index (χ0) is 15.8. The van der Waals surface area contributed by atoms with Gasteiger partial charge in [-0.05, 0) is 29.7 Å². The van der Waals surface area contributed by atoms with E-state index in [-0.39, 0.29) is 0 Å². The van der Waals surface area contributed by atoms with Gasteiger partial charge in [0.25, 0.3) is 0 Å². The van der Waals surface area contributed by atoms with Crippen molar-refractivity contribution in [2.24, 2.45) is 5.92 Å². The molecule has 0 aromatic heterocycles. The number of hydrogen-bond acceptors (Lipinski definition) is 3. The standard InChI is InChI=1S/C16H19ClN2O2/c1-12(2)11-19(9-3-8-18)15-6-4-13(10-14(15)17)5-7-16(20)21/h4-7,10,12H,3,9,11H2,1-2H3,(H,20,21)/b7-5+. The number of benzene rings is 1. The summed E-state index contributed by atoms with van der Waals surface area (Å²) in [5.74, 6) is -0.544. The molecule has 1 rings (SSSR count). The van der Waals surface area contributed by atoms with Crippen LogP contribution in [0.15, 0.2) is 24.3 Å². The fraction of sp³-hybridized carbons (Fsp3) is 0.375. The van der Waals surface area contributed by atoms with E-state index in [0.29, 0.717) is 23.9 Å². The molecule has 0 fully saturated rings. The van der Waals surface area contributed by atoms with Gasteiger partial charge in [0.05, 0.1) is 23.2 Å². The number of nitriles is 1. The van der Waals surface area contributed by atoms with Crippen LogP contribution in [-0.2, 0) is 4.79 Å². The van der Waals surface area contributed by atoms with Gasteiger partial charge in [-0.3, -0.25) is 0 Å². The summed E-state index contributed by atoms with van der Waals surface area (Å²) in [6.07, 6.45) is 3.01. The van der Waals surface area contributed by atoms with Gasteiger partial charge in [0, 0.05) is 19.2 Å². The van der Waals surface area contributed by atoms with Crippen molar-refractivity contribution in [2.75, 3.05) is 18.0 Å². The fourth-order valence-corrected chi connectivity index (χ4v) is 2.30. The van der Waals surface area contributed by atoms with Crippen molar-refractivity contribution in [1.82, 2.24) is 0 Å². The largest absolute Gasteiger partial charge is 0.478 e. The smallest absolute Gasteiger partial charge is 0.328 e. The molecule has 1 aromatic rings. The van der Waals surface area contributed by atoms with Crippen LogP contribution in [0.2, 0.25) is 5.02 Å². The SMILES string of the molecule is CC(C)CN(CCC#N)c1ccc(/C=C/C(=O)O)cc1Cl. The lowest BCUT2D eigenvalue weighted by molar-refractivity contribution is -0.131. The summed E-state index contributed by atoms with van der Waals surface area (Å²) in [5.41, 5.74) is 1.60. The second kappa shape index (κ2) is 8.33. The number of carbonyl (C=O) groups is 1. The first-order chi connectivity index (χ1) is 9.93. The number of carboxylic acid groups (broad SMARTS) is 1. The number of hydrogen-bond donors (Lipinski definition) is 1. The number of carboxylic acids is 1. The van der Waals surface area contributed by atoms with E-state index in [1.165, 1.54) is 6.08 Å². The zero-order valence-electron chi connectivity index (χ0n) is 12.2. The predicted molar refractivity (Wildman–Crippen MR) is 85.4 cm³/mol. The van der Waals surface area contributed by atoms with E-state index in [9.17, 15) is 4.79 Å². The van der Waals surface area contributed by atoms with Crippen LogP contribution in [0.4, 0.5) is 5.69 Å². The summed E-state index contributed by atoms with van der Waals surface area (Å²) >= 11 is 6.30. The average molecular weight is 307 g/mol. The first kappa shape index (κ1) is 17.1. The van der Waals surface area contributed by atoms with Crippen molar-refractivity contribution >= 4 is 29.3 Å². The van der Waals surface area contributed by atoms with Crippen LogP contribution >= 0.6 is 11.6 Å². The highest BCUT2D eigenvalue weighted by molar-refractivity contribution is 6.33. The van der Waals surface area contributed by atoms with Gasteiger partial charge < -0.3 is 10.0 Å². The average Bonchev–Trinajstić information content (AvgIpc) is 2.41. The summed E-state index contributed by atoms with van der Waals surface area (Å²) in [6, 6.07) is 7.56. The fourth-order valence-electron chi connectivity index (χ4n) is 1.99. The zero-order valence-corrected chi connectivity index (χ0v) is 13.0. The van der Waals surface area contributed by atoms with E-state index in [0.717, 1.165) is 23.9 Å². The second-order valence-corrected chi connectivity index (χ2v) is 5.54. The summed E-state index contributed by atoms with van der Waals surface area (Å²) in [4.78, 5) is 12.6. The first-order valence-electron chi connectivity index (χ1n) is 6.76. The number of anilines is 1. The van der Waals surface area contributed by atoms with Gasteiger partial charge in [-0.25, -0.2) is 4.79 Å². The molecule has 0 spiro atoms. The Kier molecular flexibility index (Phi) is 6.77. The van der Waals surface area contributed by atoms with E-state index in [1.54, 1.807) is 6.07 Å². The minimum atomic E-state index is -0.995. The second-order valence-electron chi connectivity index (χ2n) is 5.13. The molecule has 1 N–H and O–H groups in total. The Bertz CT molecular complexity index is 562. The molecule has 0 aliphatic carbocycles. The molecule has 1 aromatic carbocycles. The lowest BCUT2D eigenvalue weighted by Gasteiger charge is -2.27. The molecular formula is C16H19ClN2O2. The van der Waals surface area contributed by atoms with Crippen LogP contribution in [0.25, 0.3) is 6.08 Å². The van der Waals surface area contributed by atoms with Crippen molar-refractivity contribution in [3.05, 3.63) is 34.9 Å². The normalized spacial score (nSPS) is 10.8. The maximum atomic E-state index is 10.5. The number of nitrogens with zero attached hydrogens (tertiary/aromatic N) is 2. The van der Waals surface area contributed by atoms with E-state index in [2.05, 4.69) is 24.8 Å². The highest BCUT2D eigenvalue weighted by Gasteiger charge is 2.12. The van der Waals surface area contributed by atoms with Crippen LogP contribution in [0.3, 0.4) is 0 Å². The lowest BCUT2D eigenvalue weighted by Crippen LogP contribution is -2.28. The molecule has 0 radical (unpaired) electrons. The third kappa shape index (κ3) is 5.88. The van der Waals surface area contributed by atoms with Gasteiger partial charge in [-0.1, -0.05) is 31.5 Å². The van der Waals surface area contributed by atoms with Crippen LogP contribution in [0.5, 0.6) is 0 Å². The van der Waals surface area contributed by atoms with Crippen LogP contribution in [-0.4, -0.2) is 24.2 Å². The van der Waals surface area contributed by atoms with E-state index >= 15 is 0 Å². The first-order valence-corrected chi connectivity index (χ1v) is 7.14. The van der Waals surface area contributed by atoms with E-state index in [4.69, 9.17) is 22.0 Å². The Balaban J connectivity index is 2.98. The molecule has 0 aliphatic heterocycles. The van der Waals surface area contributed by atoms with Crippen LogP contribution in [0.1, 0.15) is 25.8 Å². The Morgan fingerprint density at radius 1 is 1.52 bits per heavy atom. The van der Waals surface area contributed by atoms with Crippen molar-refractivity contribution in [2.45, 2.75) is 20.3 Å². The number of aliphatic carboxylic acids is 1. The van der Waals surface area contributed by atoms with E-state index in [1.807, 2.05) is 12.1 Å². The highest BCUT2D eigenvalue weighted by atomic mass is 35.5. The molecule has 0 saturated carbocycles. The minimum absolute atomic E-state index is 0.434. The molecule has 21 heavy (non-hydrogen) atoms. The minimum Gasteiger partial charge on any atom is -0.478 e. The molecule has 0 atom stereocenters. The van der Waals surface area contributed by atoms with Gasteiger partial charge in [0.1, 0.15) is 0 Å². The molecular weight excluding hydrogens is 288 g/mol. The Hall–Kier alpha value is -1.99. The van der Waals surface area contributed by atoms with Gasteiger partial charge in [0.15, 0.2) is 0 Å². The molecule has 4 nitrogen and oxygen atoms in total. The van der Waals surface area contributed by atoms with Crippen molar-refractivity contribution in [3.8, 4) is 6.07 Å². The molecule has 0 heterocycles. The van der Waals surface area contributed by atoms with Crippen LogP contribution in [0, 0.1) is 17.2 Å². The Morgan fingerprint density at radius 3 is 2.76 bits per heavy atom. The summed E-state index contributed by atoms with van der Waals surface area (Å²) < 4.78 is 0. The predicted octanol–water partition coefficient (Wildman–Crippen LogP) is 3.81. The van der Waals surface area contributed by atoms with Gasteiger partial charge >= 0.3 is 5.97 Å². The molecule has 0 bridgehead atoms. The summed E-state index contributed by atoms with van der Waals surface area (Å²) in [6.45, 7) is 5.65. The lowest BCUT2D eigenvalue weighted by atomic mass is 10.1. The van der Waals surface area contributed by atoms with Crippen molar-refractivity contribution in [1.29, 1.82) is 5.26 Å². The molecule has 0 saturated heterocycles. The van der Waals surface area contributed by atoms with Crippen LogP contribution < -0.4 is 4.90 Å². The third-order valence-electron chi connectivity index (χ3n) is 2.81. The highest BCUT2D eigenvalue weighted by Crippen LogP contribution is 2.28. The summed E-state index contributed by atoms with van der Waals surface area (Å²) in [5, 5.41) is 17.9. The van der Waals surface area contributed by atoms with E-state index < -0.39 is 5.97 Å². The maximum Gasteiger partial charge on any atom is 0.328 e. The van der Waals surface area contributed by atoms with Crippen molar-refractivity contribution in [3.63, 3.8) is 0 Å². The third-order valence-corrected chi connectivity index (χ3v) is 3.11. The molecule has 0 aliphatic rings. The molecule has 0 unspecified atom stereocenters. The number of halogens is 1. The summed E-state index contributed by atoms with van der Waals surface area (Å²) in [7, 11) is 0. The van der Waals surface area contributed by atoms with Gasteiger partial charge in [-0.15, -0.1) is 0 Å². The molecule has 112 valence electrons. The molecule has 5 heteroatoms. The molecule has 0 amide bonds. The topological polar surface area (TPSA) is 64.3 Å². The van der Waals surface area contributed by atoms with Crippen molar-refractivity contribution < 1.29 is 9.90 Å². The monoisotopic (exact) mass is 306 g/mol. The van der Waals surface area contributed by atoms with Gasteiger partial charge in [0.2, 0.25) is 0 Å². The quantitative estimate of drug-likeness (QED) is 0.778. The Labute approximate surface area is 130 Å². The number of rotatable bonds is 7.